The van der Waals surface area contributed by atoms with Gasteiger partial charge in [-0.2, -0.15) is 0 Å². The molecule has 1 aromatic rings. The zero-order chi connectivity index (χ0) is 16.2. The summed E-state index contributed by atoms with van der Waals surface area (Å²) in [5, 5.41) is 22.5. The van der Waals surface area contributed by atoms with Crippen LogP contribution < -0.4 is 11.1 Å². The van der Waals surface area contributed by atoms with Gasteiger partial charge in [-0.3, -0.25) is 0 Å². The summed E-state index contributed by atoms with van der Waals surface area (Å²) >= 11 is 0. The Bertz CT molecular complexity index is 497. The molecule has 118 valence electrons. The van der Waals surface area contributed by atoms with Gasteiger partial charge in [0.05, 0.1) is 0 Å². The maximum Gasteiger partial charge on any atom is 0.407 e. The number of benzene rings is 1. The molecule has 2 unspecified atom stereocenters. The van der Waals surface area contributed by atoms with Gasteiger partial charge in [0.25, 0.3) is 0 Å². The topological polar surface area (TPSA) is 105 Å². The number of nitrogen functional groups attached to an aromatic ring is 1. The fourth-order valence-corrected chi connectivity index (χ4v) is 1.81. The fourth-order valence-electron chi connectivity index (χ4n) is 1.81. The van der Waals surface area contributed by atoms with E-state index in [-0.39, 0.29) is 6.54 Å². The normalized spacial score (nSPS) is 14.4. The number of nitrogens with two attached hydrogens (primary N) is 1. The molecule has 6 heteroatoms. The van der Waals surface area contributed by atoms with Crippen molar-refractivity contribution in [2.45, 2.75) is 45.5 Å². The molecule has 0 aliphatic heterocycles. The highest BCUT2D eigenvalue weighted by atomic mass is 16.6. The number of aliphatic hydroxyl groups is 2. The van der Waals surface area contributed by atoms with Gasteiger partial charge >= 0.3 is 6.09 Å². The molecule has 0 heterocycles. The van der Waals surface area contributed by atoms with Crippen molar-refractivity contribution in [1.29, 1.82) is 0 Å². The zero-order valence-corrected chi connectivity index (χ0v) is 12.9. The second-order valence-electron chi connectivity index (χ2n) is 5.96. The molecular weight excluding hydrogens is 272 g/mol. The SMILES string of the molecule is Cc1c(N)cccc1C(O)C(O)CNC(=O)OC(C)(C)C. The lowest BCUT2D eigenvalue weighted by atomic mass is 9.98. The first-order valence-corrected chi connectivity index (χ1v) is 6.80. The zero-order valence-electron chi connectivity index (χ0n) is 12.9. The molecule has 0 saturated heterocycles. The van der Waals surface area contributed by atoms with Crippen LogP contribution in [0.1, 0.15) is 38.0 Å². The molecule has 5 N–H and O–H groups in total. The van der Waals surface area contributed by atoms with Crippen LogP contribution in [0.3, 0.4) is 0 Å². The van der Waals surface area contributed by atoms with Crippen LogP contribution in [0.4, 0.5) is 10.5 Å². The van der Waals surface area contributed by atoms with Gasteiger partial charge in [-0.25, -0.2) is 4.79 Å². The van der Waals surface area contributed by atoms with Crippen LogP contribution in [0.25, 0.3) is 0 Å². The van der Waals surface area contributed by atoms with E-state index in [0.29, 0.717) is 16.8 Å². The third kappa shape index (κ3) is 5.24. The van der Waals surface area contributed by atoms with E-state index in [1.54, 1.807) is 45.9 Å². The Labute approximate surface area is 124 Å². The Hall–Kier alpha value is -1.79. The summed E-state index contributed by atoms with van der Waals surface area (Å²) in [5.41, 5.74) is 6.94. The van der Waals surface area contributed by atoms with Gasteiger partial charge in [0.2, 0.25) is 0 Å². The monoisotopic (exact) mass is 296 g/mol. The van der Waals surface area contributed by atoms with Crippen LogP contribution >= 0.6 is 0 Å². The number of carbonyl (C=O) groups excluding carboxylic acids is 1. The van der Waals surface area contributed by atoms with Crippen LogP contribution in [-0.2, 0) is 4.74 Å². The molecule has 2 atom stereocenters. The molecule has 0 aliphatic rings. The van der Waals surface area contributed by atoms with E-state index in [2.05, 4.69) is 5.32 Å². The number of nitrogens with one attached hydrogen (secondary N) is 1. The van der Waals surface area contributed by atoms with E-state index in [9.17, 15) is 15.0 Å². The van der Waals surface area contributed by atoms with Crippen LogP contribution in [0.2, 0.25) is 0 Å². The molecule has 1 rings (SSSR count). The summed E-state index contributed by atoms with van der Waals surface area (Å²) in [5.74, 6) is 0. The molecule has 0 saturated carbocycles. The van der Waals surface area contributed by atoms with Gasteiger partial charge in [0.1, 0.15) is 17.8 Å². The summed E-state index contributed by atoms with van der Waals surface area (Å²) in [6.07, 6.45) is -2.93. The summed E-state index contributed by atoms with van der Waals surface area (Å²) in [7, 11) is 0. The first kappa shape index (κ1) is 17.3. The van der Waals surface area contributed by atoms with Crippen molar-refractivity contribution >= 4 is 11.8 Å². The van der Waals surface area contributed by atoms with Gasteiger partial charge in [-0.1, -0.05) is 12.1 Å². The van der Waals surface area contributed by atoms with Crippen molar-refractivity contribution < 1.29 is 19.7 Å². The number of hydrogen-bond acceptors (Lipinski definition) is 5. The van der Waals surface area contributed by atoms with Crippen LogP contribution in [0.15, 0.2) is 18.2 Å². The third-order valence-electron chi connectivity index (χ3n) is 2.96. The van der Waals surface area contributed by atoms with E-state index in [1.807, 2.05) is 0 Å². The molecular formula is C15H24N2O4. The number of ether oxygens (including phenoxy) is 1. The van der Waals surface area contributed by atoms with Crippen molar-refractivity contribution in [3.63, 3.8) is 0 Å². The highest BCUT2D eigenvalue weighted by Crippen LogP contribution is 2.24. The highest BCUT2D eigenvalue weighted by molar-refractivity contribution is 5.67. The summed E-state index contributed by atoms with van der Waals surface area (Å²) in [6.45, 7) is 6.88. The highest BCUT2D eigenvalue weighted by Gasteiger charge is 2.22. The number of amides is 1. The van der Waals surface area contributed by atoms with Gasteiger partial charge in [0.15, 0.2) is 0 Å². The molecule has 0 bridgehead atoms. The van der Waals surface area contributed by atoms with Gasteiger partial charge in [-0.05, 0) is 44.9 Å². The average Bonchev–Trinajstić information content (AvgIpc) is 2.36. The smallest absolute Gasteiger partial charge is 0.407 e. The Morgan fingerprint density at radius 2 is 2.00 bits per heavy atom. The van der Waals surface area contributed by atoms with E-state index in [4.69, 9.17) is 10.5 Å². The number of rotatable bonds is 4. The van der Waals surface area contributed by atoms with Crippen molar-refractivity contribution in [3.8, 4) is 0 Å². The second-order valence-corrected chi connectivity index (χ2v) is 5.96. The molecule has 0 radical (unpaired) electrons. The van der Waals surface area contributed by atoms with E-state index >= 15 is 0 Å². The van der Waals surface area contributed by atoms with Gasteiger partial charge in [-0.15, -0.1) is 0 Å². The standard InChI is InChI=1S/C15H24N2O4/c1-9-10(6-5-7-11(9)16)13(19)12(18)8-17-14(20)21-15(2,3)4/h5-7,12-13,18-19H,8,16H2,1-4H3,(H,17,20). The Morgan fingerprint density at radius 3 is 2.57 bits per heavy atom. The quantitative estimate of drug-likeness (QED) is 0.630. The minimum absolute atomic E-state index is 0.121. The minimum atomic E-state index is -1.15. The predicted octanol–water partition coefficient (Wildman–Crippen LogP) is 1.50. The molecule has 21 heavy (non-hydrogen) atoms. The molecule has 0 aliphatic carbocycles. The predicted molar refractivity (Wildman–Crippen MR) is 80.8 cm³/mol. The van der Waals surface area contributed by atoms with Gasteiger partial charge < -0.3 is 26.0 Å². The average molecular weight is 296 g/mol. The number of anilines is 1. The Kier molecular flexibility index (Phi) is 5.57. The second kappa shape index (κ2) is 6.78. The largest absolute Gasteiger partial charge is 0.444 e. The van der Waals surface area contributed by atoms with Crippen molar-refractivity contribution in [3.05, 3.63) is 29.3 Å². The molecule has 6 nitrogen and oxygen atoms in total. The Morgan fingerprint density at radius 1 is 1.38 bits per heavy atom. The lowest BCUT2D eigenvalue weighted by Gasteiger charge is -2.23. The third-order valence-corrected chi connectivity index (χ3v) is 2.96. The van der Waals surface area contributed by atoms with E-state index < -0.39 is 23.9 Å². The Balaban J connectivity index is 2.61. The maximum absolute atomic E-state index is 11.5. The van der Waals surface area contributed by atoms with E-state index in [0.717, 1.165) is 0 Å². The van der Waals surface area contributed by atoms with E-state index in [1.165, 1.54) is 0 Å². The first-order chi connectivity index (χ1) is 9.61. The van der Waals surface area contributed by atoms with Crippen LogP contribution in [-0.4, -0.2) is 34.6 Å². The molecule has 0 aromatic heterocycles. The first-order valence-electron chi connectivity index (χ1n) is 6.80. The number of hydrogen-bond donors (Lipinski definition) is 4. The van der Waals surface area contributed by atoms with Gasteiger partial charge in [0, 0.05) is 12.2 Å². The van der Waals surface area contributed by atoms with Crippen LogP contribution in [0.5, 0.6) is 0 Å². The summed E-state index contributed by atoms with van der Waals surface area (Å²) in [4.78, 5) is 11.5. The van der Waals surface area contributed by atoms with Crippen molar-refractivity contribution in [1.82, 2.24) is 5.32 Å². The summed E-state index contributed by atoms with van der Waals surface area (Å²) in [6, 6.07) is 5.11. The lowest BCUT2D eigenvalue weighted by Crippen LogP contribution is -2.39. The van der Waals surface area contributed by atoms with Crippen LogP contribution in [0, 0.1) is 6.92 Å². The number of aliphatic hydroxyl groups excluding tert-OH is 2. The number of alkyl carbamates (subject to hydrolysis) is 1. The van der Waals surface area contributed by atoms with Crippen molar-refractivity contribution in [2.75, 3.05) is 12.3 Å². The maximum atomic E-state index is 11.5. The molecule has 0 fully saturated rings. The van der Waals surface area contributed by atoms with Crippen molar-refractivity contribution in [2.24, 2.45) is 0 Å². The lowest BCUT2D eigenvalue weighted by molar-refractivity contribution is 0.0127. The minimum Gasteiger partial charge on any atom is -0.444 e. The molecule has 0 spiro atoms. The number of carbonyl (C=O) groups is 1. The molecule has 1 aromatic carbocycles. The summed E-state index contributed by atoms with van der Waals surface area (Å²) < 4.78 is 5.05. The molecule has 1 amide bonds. The fraction of sp³-hybridized carbons (Fsp3) is 0.533.